The number of methoxy groups -OCH3 is 1. The van der Waals surface area contributed by atoms with Crippen LogP contribution in [-0.4, -0.2) is 29.9 Å². The van der Waals surface area contributed by atoms with Crippen LogP contribution < -0.4 is 5.73 Å². The van der Waals surface area contributed by atoms with Gasteiger partial charge in [0.1, 0.15) is 11.9 Å². The van der Waals surface area contributed by atoms with Crippen molar-refractivity contribution in [2.24, 2.45) is 10.7 Å². The van der Waals surface area contributed by atoms with E-state index in [1.807, 2.05) is 24.3 Å². The summed E-state index contributed by atoms with van der Waals surface area (Å²) in [7, 11) is 1.64. The van der Waals surface area contributed by atoms with Gasteiger partial charge in [0.05, 0.1) is 12.6 Å². The SMILES string of the molecule is C#CC(C)N1C(=O)N=C(N)C1c1ccc(COC)cc1. The molecule has 5 heteroatoms. The van der Waals surface area contributed by atoms with E-state index < -0.39 is 6.04 Å². The van der Waals surface area contributed by atoms with Crippen molar-refractivity contribution in [1.82, 2.24) is 4.90 Å². The van der Waals surface area contributed by atoms with Gasteiger partial charge in [-0.05, 0) is 18.1 Å². The van der Waals surface area contributed by atoms with Crippen LogP contribution in [0.4, 0.5) is 4.79 Å². The Kier molecular flexibility index (Phi) is 4.06. The molecule has 0 aliphatic carbocycles. The number of nitrogens with zero attached hydrogens (tertiary/aromatic N) is 2. The third kappa shape index (κ3) is 2.51. The van der Waals surface area contributed by atoms with Gasteiger partial charge in [-0.25, -0.2) is 4.79 Å². The molecule has 104 valence electrons. The van der Waals surface area contributed by atoms with E-state index in [9.17, 15) is 4.79 Å². The van der Waals surface area contributed by atoms with E-state index >= 15 is 0 Å². The number of carbonyl (C=O) groups is 1. The maximum absolute atomic E-state index is 11.9. The van der Waals surface area contributed by atoms with E-state index in [4.69, 9.17) is 16.9 Å². The Morgan fingerprint density at radius 2 is 2.15 bits per heavy atom. The lowest BCUT2D eigenvalue weighted by molar-refractivity contribution is 0.184. The highest BCUT2D eigenvalue weighted by molar-refractivity contribution is 6.03. The summed E-state index contributed by atoms with van der Waals surface area (Å²) in [6.45, 7) is 2.32. The third-order valence-electron chi connectivity index (χ3n) is 3.27. The molecule has 1 aromatic carbocycles. The predicted molar refractivity (Wildman–Crippen MR) is 77.0 cm³/mol. The van der Waals surface area contributed by atoms with E-state index in [1.54, 1.807) is 14.0 Å². The number of hydrogen-bond donors (Lipinski definition) is 1. The average Bonchev–Trinajstić information content (AvgIpc) is 2.74. The molecule has 1 heterocycles. The standard InChI is InChI=1S/C15H17N3O2/c1-4-10(2)18-13(14(16)17-15(18)19)12-7-5-11(6-8-12)9-20-3/h1,5-8,10,13H,9H2,2-3H3,(H2,16,17,19). The van der Waals surface area contributed by atoms with Gasteiger partial charge in [-0.2, -0.15) is 4.99 Å². The molecule has 0 fully saturated rings. The molecule has 2 N–H and O–H groups in total. The van der Waals surface area contributed by atoms with Crippen LogP contribution in [0.2, 0.25) is 0 Å². The molecule has 1 aliphatic rings. The lowest BCUT2D eigenvalue weighted by atomic mass is 10.0. The van der Waals surface area contributed by atoms with Gasteiger partial charge in [-0.1, -0.05) is 30.2 Å². The van der Waals surface area contributed by atoms with Gasteiger partial charge in [0.15, 0.2) is 0 Å². The molecule has 2 unspecified atom stereocenters. The van der Waals surface area contributed by atoms with Gasteiger partial charge in [-0.15, -0.1) is 6.42 Å². The zero-order chi connectivity index (χ0) is 14.7. The van der Waals surface area contributed by atoms with Gasteiger partial charge in [0.2, 0.25) is 0 Å². The van der Waals surface area contributed by atoms with Crippen molar-refractivity contribution in [3.8, 4) is 12.3 Å². The minimum absolute atomic E-state index is 0.275. The molecule has 2 atom stereocenters. The Bertz CT molecular complexity index is 572. The number of amidine groups is 1. The van der Waals surface area contributed by atoms with E-state index in [0.29, 0.717) is 6.61 Å². The van der Waals surface area contributed by atoms with Crippen molar-refractivity contribution in [2.45, 2.75) is 25.6 Å². The Morgan fingerprint density at radius 3 is 2.70 bits per heavy atom. The average molecular weight is 271 g/mol. The molecule has 20 heavy (non-hydrogen) atoms. The van der Waals surface area contributed by atoms with Gasteiger partial charge in [0.25, 0.3) is 0 Å². The predicted octanol–water partition coefficient (Wildman–Crippen LogP) is 1.69. The molecule has 5 nitrogen and oxygen atoms in total. The number of hydrogen-bond acceptors (Lipinski definition) is 3. The van der Waals surface area contributed by atoms with E-state index in [1.165, 1.54) is 4.90 Å². The van der Waals surface area contributed by atoms with Crippen LogP contribution in [0.1, 0.15) is 24.1 Å². The Balaban J connectivity index is 2.31. The monoisotopic (exact) mass is 271 g/mol. The van der Waals surface area contributed by atoms with Crippen molar-refractivity contribution in [1.29, 1.82) is 0 Å². The first-order valence-corrected chi connectivity index (χ1v) is 6.28. The summed E-state index contributed by atoms with van der Waals surface area (Å²) < 4.78 is 5.07. The molecular weight excluding hydrogens is 254 g/mol. The first kappa shape index (κ1) is 14.1. The summed E-state index contributed by atoms with van der Waals surface area (Å²) in [6.07, 6.45) is 5.41. The topological polar surface area (TPSA) is 67.9 Å². The van der Waals surface area contributed by atoms with Crippen molar-refractivity contribution in [3.63, 3.8) is 0 Å². The summed E-state index contributed by atoms with van der Waals surface area (Å²) in [6, 6.07) is 6.55. The largest absolute Gasteiger partial charge is 0.385 e. The van der Waals surface area contributed by atoms with Gasteiger partial charge < -0.3 is 10.5 Å². The van der Waals surface area contributed by atoms with Crippen molar-refractivity contribution >= 4 is 11.9 Å². The van der Waals surface area contributed by atoms with E-state index in [-0.39, 0.29) is 17.9 Å². The second kappa shape index (κ2) is 5.76. The van der Waals surface area contributed by atoms with Crippen LogP contribution in [0, 0.1) is 12.3 Å². The number of nitrogens with two attached hydrogens (primary N) is 1. The molecule has 0 aromatic heterocycles. The van der Waals surface area contributed by atoms with E-state index in [0.717, 1.165) is 11.1 Å². The van der Waals surface area contributed by atoms with Gasteiger partial charge in [-0.3, -0.25) is 4.90 Å². The first-order valence-electron chi connectivity index (χ1n) is 6.28. The van der Waals surface area contributed by atoms with Crippen molar-refractivity contribution in [2.75, 3.05) is 7.11 Å². The summed E-state index contributed by atoms with van der Waals surface area (Å²) in [5.41, 5.74) is 7.81. The maximum Gasteiger partial charge on any atom is 0.347 e. The minimum Gasteiger partial charge on any atom is -0.385 e. The fraction of sp³-hybridized carbons (Fsp3) is 0.333. The highest BCUT2D eigenvalue weighted by Crippen LogP contribution is 2.29. The second-order valence-electron chi connectivity index (χ2n) is 4.65. The lowest BCUT2D eigenvalue weighted by Gasteiger charge is -2.27. The quantitative estimate of drug-likeness (QED) is 0.847. The first-order chi connectivity index (χ1) is 9.58. The smallest absolute Gasteiger partial charge is 0.347 e. The molecular formula is C15H17N3O2. The summed E-state index contributed by atoms with van der Waals surface area (Å²) >= 11 is 0. The normalized spacial score (nSPS) is 19.6. The summed E-state index contributed by atoms with van der Waals surface area (Å²) in [5, 5.41) is 0. The van der Waals surface area contributed by atoms with Crippen LogP contribution in [0.5, 0.6) is 0 Å². The number of urea groups is 1. The molecule has 0 saturated heterocycles. The zero-order valence-corrected chi connectivity index (χ0v) is 11.5. The Hall–Kier alpha value is -2.32. The minimum atomic E-state index is -0.398. The molecule has 2 amide bonds. The Morgan fingerprint density at radius 1 is 1.50 bits per heavy atom. The van der Waals surface area contributed by atoms with E-state index in [2.05, 4.69) is 10.9 Å². The lowest BCUT2D eigenvalue weighted by Crippen LogP contribution is -2.38. The number of rotatable bonds is 4. The zero-order valence-electron chi connectivity index (χ0n) is 11.5. The van der Waals surface area contributed by atoms with Gasteiger partial charge in [0, 0.05) is 7.11 Å². The Labute approximate surface area is 118 Å². The molecule has 0 spiro atoms. The van der Waals surface area contributed by atoms with Crippen LogP contribution >= 0.6 is 0 Å². The fourth-order valence-electron chi connectivity index (χ4n) is 2.25. The molecule has 2 rings (SSSR count). The van der Waals surface area contributed by atoms with Gasteiger partial charge >= 0.3 is 6.03 Å². The van der Waals surface area contributed by atoms with Crippen LogP contribution in [0.3, 0.4) is 0 Å². The molecule has 0 bridgehead atoms. The summed E-state index contributed by atoms with van der Waals surface area (Å²) in [4.78, 5) is 17.2. The summed E-state index contributed by atoms with van der Waals surface area (Å²) in [5.74, 6) is 2.82. The number of amides is 2. The van der Waals surface area contributed by atoms with Crippen LogP contribution in [0.25, 0.3) is 0 Å². The molecule has 0 radical (unpaired) electrons. The van der Waals surface area contributed by atoms with Crippen molar-refractivity contribution < 1.29 is 9.53 Å². The van der Waals surface area contributed by atoms with Crippen LogP contribution in [0.15, 0.2) is 29.3 Å². The number of ether oxygens (including phenoxy) is 1. The highest BCUT2D eigenvalue weighted by Gasteiger charge is 2.37. The van der Waals surface area contributed by atoms with Crippen molar-refractivity contribution in [3.05, 3.63) is 35.4 Å². The third-order valence-corrected chi connectivity index (χ3v) is 3.27. The molecule has 0 saturated carbocycles. The number of benzene rings is 1. The number of terminal acetylenes is 1. The highest BCUT2D eigenvalue weighted by atomic mass is 16.5. The maximum atomic E-state index is 11.9. The number of carbonyl (C=O) groups excluding carboxylic acids is 1. The molecule has 1 aromatic rings. The fourth-order valence-corrected chi connectivity index (χ4v) is 2.25. The second-order valence-corrected chi connectivity index (χ2v) is 4.65. The number of aliphatic imine (C=N–C) groups is 1. The van der Waals surface area contributed by atoms with Crippen LogP contribution in [-0.2, 0) is 11.3 Å². The molecule has 1 aliphatic heterocycles.